The molecule has 4 rings (SSSR count). The number of rotatable bonds is 4. The molecule has 3 heterocycles. The Balaban J connectivity index is 1.57. The molecule has 1 amide bonds. The van der Waals surface area contributed by atoms with E-state index in [1.807, 2.05) is 24.4 Å². The molecule has 0 spiro atoms. The lowest BCUT2D eigenvalue weighted by Crippen LogP contribution is -2.41. The Morgan fingerprint density at radius 2 is 2.11 bits per heavy atom. The van der Waals surface area contributed by atoms with Gasteiger partial charge in [0.1, 0.15) is 0 Å². The maximum Gasteiger partial charge on any atom is 0.404 e. The van der Waals surface area contributed by atoms with Crippen LogP contribution in [0.3, 0.4) is 0 Å². The summed E-state index contributed by atoms with van der Waals surface area (Å²) < 4.78 is 1.77. The number of anilines is 1. The topological polar surface area (TPSA) is 104 Å². The van der Waals surface area contributed by atoms with Gasteiger partial charge in [0.05, 0.1) is 28.6 Å². The molecule has 27 heavy (non-hydrogen) atoms. The summed E-state index contributed by atoms with van der Waals surface area (Å²) in [7, 11) is 0. The van der Waals surface area contributed by atoms with Crippen LogP contribution in [-0.4, -0.2) is 42.9 Å². The Morgan fingerprint density at radius 3 is 2.96 bits per heavy atom. The Kier molecular flexibility index (Phi) is 4.81. The minimum absolute atomic E-state index is 0.0554. The average Bonchev–Trinajstić information content (AvgIpc) is 3.07. The molecule has 2 atom stereocenters. The highest BCUT2D eigenvalue weighted by Gasteiger charge is 2.24. The van der Waals surface area contributed by atoms with Gasteiger partial charge in [-0.3, -0.25) is 0 Å². The van der Waals surface area contributed by atoms with E-state index in [1.165, 1.54) is 0 Å². The van der Waals surface area contributed by atoms with Crippen molar-refractivity contribution in [2.75, 3.05) is 5.32 Å². The van der Waals surface area contributed by atoms with Crippen LogP contribution in [0.1, 0.15) is 25.7 Å². The van der Waals surface area contributed by atoms with Gasteiger partial charge in [0.15, 0.2) is 0 Å². The van der Waals surface area contributed by atoms with E-state index in [-0.39, 0.29) is 12.1 Å². The van der Waals surface area contributed by atoms with Gasteiger partial charge in [0.2, 0.25) is 5.95 Å². The second-order valence-corrected chi connectivity index (χ2v) is 7.04. The number of pyridine rings is 1. The molecule has 3 N–H and O–H groups in total. The molecule has 0 radical (unpaired) electrons. The fourth-order valence-corrected chi connectivity index (χ4v) is 3.74. The molecule has 0 aromatic carbocycles. The molecule has 140 valence electrons. The van der Waals surface area contributed by atoms with Crippen LogP contribution in [0.2, 0.25) is 5.02 Å². The van der Waals surface area contributed by atoms with E-state index in [0.29, 0.717) is 23.1 Å². The van der Waals surface area contributed by atoms with Gasteiger partial charge >= 0.3 is 6.09 Å². The van der Waals surface area contributed by atoms with Crippen molar-refractivity contribution in [3.05, 3.63) is 41.8 Å². The lowest BCUT2D eigenvalue weighted by Gasteiger charge is -2.29. The van der Waals surface area contributed by atoms with Crippen LogP contribution < -0.4 is 10.6 Å². The highest BCUT2D eigenvalue weighted by atomic mass is 35.5. The van der Waals surface area contributed by atoms with Crippen molar-refractivity contribution in [2.24, 2.45) is 0 Å². The molecule has 1 aliphatic carbocycles. The largest absolute Gasteiger partial charge is 0.465 e. The zero-order valence-corrected chi connectivity index (χ0v) is 15.2. The summed E-state index contributed by atoms with van der Waals surface area (Å²) in [5.41, 5.74) is 2.36. The number of amides is 1. The molecule has 3 aromatic heterocycles. The van der Waals surface area contributed by atoms with E-state index >= 15 is 0 Å². The zero-order chi connectivity index (χ0) is 18.8. The monoisotopic (exact) mass is 386 g/mol. The molecule has 3 aromatic rings. The van der Waals surface area contributed by atoms with E-state index in [0.717, 1.165) is 30.3 Å². The van der Waals surface area contributed by atoms with Crippen molar-refractivity contribution in [2.45, 2.75) is 37.8 Å². The molecule has 0 unspecified atom stereocenters. The van der Waals surface area contributed by atoms with Crippen LogP contribution in [0.15, 0.2) is 36.8 Å². The summed E-state index contributed by atoms with van der Waals surface area (Å²) in [6, 6.07) is 5.85. The van der Waals surface area contributed by atoms with E-state index in [4.69, 9.17) is 16.7 Å². The smallest absolute Gasteiger partial charge is 0.404 e. The van der Waals surface area contributed by atoms with Gasteiger partial charge < -0.3 is 15.7 Å². The molecule has 0 saturated heterocycles. The third-order valence-corrected chi connectivity index (χ3v) is 5.04. The van der Waals surface area contributed by atoms with Crippen molar-refractivity contribution in [1.82, 2.24) is 24.9 Å². The van der Waals surface area contributed by atoms with Crippen molar-refractivity contribution < 1.29 is 9.90 Å². The molecule has 1 fully saturated rings. The van der Waals surface area contributed by atoms with Gasteiger partial charge in [-0.05, 0) is 37.8 Å². The van der Waals surface area contributed by atoms with Crippen molar-refractivity contribution in [3.8, 4) is 11.3 Å². The van der Waals surface area contributed by atoms with E-state index < -0.39 is 6.09 Å². The molecule has 8 nitrogen and oxygen atoms in total. The van der Waals surface area contributed by atoms with Gasteiger partial charge in [-0.1, -0.05) is 17.7 Å². The van der Waals surface area contributed by atoms with Crippen LogP contribution in [0, 0.1) is 0 Å². The number of nitrogens with one attached hydrogen (secondary N) is 2. The third kappa shape index (κ3) is 3.80. The molecule has 0 bridgehead atoms. The molecule has 0 aliphatic heterocycles. The number of carbonyl (C=O) groups is 1. The quantitative estimate of drug-likeness (QED) is 0.634. The van der Waals surface area contributed by atoms with Gasteiger partial charge in [-0.25, -0.2) is 19.3 Å². The number of nitrogens with zero attached hydrogens (tertiary/aromatic N) is 4. The predicted molar refractivity (Wildman–Crippen MR) is 102 cm³/mol. The lowest BCUT2D eigenvalue weighted by atomic mass is 9.91. The maximum atomic E-state index is 10.9. The standard InChI is InChI=1S/C18H19ClN6O2/c19-14-10-20-17(22-11-4-3-5-12(8-11)23-18(26)27)24-16(14)13-9-21-25-7-2-1-6-15(13)25/h1-2,6-7,9-12,23H,3-5,8H2,(H,26,27)(H,20,22,24)/t11-,12+/m1/s1. The fourth-order valence-electron chi connectivity index (χ4n) is 3.55. The highest BCUT2D eigenvalue weighted by Crippen LogP contribution is 2.30. The minimum atomic E-state index is -0.987. The Hall–Kier alpha value is -2.87. The predicted octanol–water partition coefficient (Wildman–Crippen LogP) is 3.44. The van der Waals surface area contributed by atoms with Crippen LogP contribution in [0.4, 0.5) is 10.7 Å². The van der Waals surface area contributed by atoms with Crippen LogP contribution in [0.5, 0.6) is 0 Å². The summed E-state index contributed by atoms with van der Waals surface area (Å²) in [5.74, 6) is 0.477. The summed E-state index contributed by atoms with van der Waals surface area (Å²) in [5, 5.41) is 19.6. The third-order valence-electron chi connectivity index (χ3n) is 4.76. The number of aromatic nitrogens is 4. The van der Waals surface area contributed by atoms with E-state index in [1.54, 1.807) is 16.9 Å². The average molecular weight is 387 g/mol. The maximum absolute atomic E-state index is 10.9. The number of carboxylic acid groups (broad SMARTS) is 1. The molecule has 9 heteroatoms. The first kappa shape index (κ1) is 17.5. The van der Waals surface area contributed by atoms with Crippen molar-refractivity contribution >= 4 is 29.2 Å². The van der Waals surface area contributed by atoms with Crippen molar-refractivity contribution in [3.63, 3.8) is 0 Å². The van der Waals surface area contributed by atoms with Crippen molar-refractivity contribution in [1.29, 1.82) is 0 Å². The Bertz CT molecular complexity index is 975. The summed E-state index contributed by atoms with van der Waals surface area (Å²) in [4.78, 5) is 19.8. The number of fused-ring (bicyclic) bond motifs is 1. The Morgan fingerprint density at radius 1 is 1.26 bits per heavy atom. The summed E-state index contributed by atoms with van der Waals surface area (Å²) in [6.07, 6.45) is 7.62. The number of hydrogen-bond donors (Lipinski definition) is 3. The molecule has 1 saturated carbocycles. The second-order valence-electron chi connectivity index (χ2n) is 6.63. The minimum Gasteiger partial charge on any atom is -0.465 e. The first-order valence-electron chi connectivity index (χ1n) is 8.81. The molecular formula is C18H19ClN6O2. The van der Waals surface area contributed by atoms with Gasteiger partial charge in [0, 0.05) is 23.8 Å². The number of halogens is 1. The van der Waals surface area contributed by atoms with E-state index in [9.17, 15) is 4.79 Å². The Labute approximate surface area is 160 Å². The van der Waals surface area contributed by atoms with E-state index in [2.05, 4.69) is 25.7 Å². The van der Waals surface area contributed by atoms with Gasteiger partial charge in [-0.2, -0.15) is 5.10 Å². The first-order chi connectivity index (χ1) is 13.1. The van der Waals surface area contributed by atoms with Crippen LogP contribution in [-0.2, 0) is 0 Å². The van der Waals surface area contributed by atoms with Gasteiger partial charge in [-0.15, -0.1) is 0 Å². The number of hydrogen-bond acceptors (Lipinski definition) is 5. The molecular weight excluding hydrogens is 368 g/mol. The summed E-state index contributed by atoms with van der Waals surface area (Å²) in [6.45, 7) is 0. The highest BCUT2D eigenvalue weighted by molar-refractivity contribution is 6.33. The second kappa shape index (κ2) is 7.40. The molecule has 1 aliphatic rings. The fraction of sp³-hybridized carbons (Fsp3) is 0.333. The first-order valence-corrected chi connectivity index (χ1v) is 9.19. The summed E-state index contributed by atoms with van der Waals surface area (Å²) >= 11 is 6.35. The van der Waals surface area contributed by atoms with Crippen LogP contribution in [0.25, 0.3) is 16.8 Å². The van der Waals surface area contributed by atoms with Gasteiger partial charge in [0.25, 0.3) is 0 Å². The normalized spacial score (nSPS) is 19.7. The van der Waals surface area contributed by atoms with Crippen LogP contribution >= 0.6 is 11.6 Å². The lowest BCUT2D eigenvalue weighted by molar-refractivity contribution is 0.185. The zero-order valence-electron chi connectivity index (χ0n) is 14.5. The SMILES string of the molecule is O=C(O)N[C@H]1CCC[C@@H](Nc2ncc(Cl)c(-c3cnn4ccccc34)n2)C1.